The first-order chi connectivity index (χ1) is 11.5. The van der Waals surface area contributed by atoms with Crippen molar-refractivity contribution >= 4 is 23.0 Å². The lowest BCUT2D eigenvalue weighted by atomic mass is 10.0. The fraction of sp³-hybridized carbons (Fsp3) is 0.647. The van der Waals surface area contributed by atoms with Crippen LogP contribution in [0.1, 0.15) is 39.1 Å². The average molecular weight is 352 g/mol. The number of hydrogen-bond donors (Lipinski definition) is 1. The molecule has 1 amide bonds. The van der Waals surface area contributed by atoms with Gasteiger partial charge in [0.2, 0.25) is 0 Å². The van der Waals surface area contributed by atoms with Gasteiger partial charge in [-0.15, -0.1) is 11.3 Å². The molecule has 0 aromatic carbocycles. The molecule has 2 aliphatic rings. The largest absolute Gasteiger partial charge is 0.384 e. The highest BCUT2D eigenvalue weighted by Crippen LogP contribution is 2.22. The molecule has 7 heteroatoms. The van der Waals surface area contributed by atoms with Gasteiger partial charge in [-0.1, -0.05) is 0 Å². The zero-order valence-corrected chi connectivity index (χ0v) is 14.8. The number of ketones is 1. The maximum Gasteiger partial charge on any atom is 0.264 e. The van der Waals surface area contributed by atoms with E-state index in [9.17, 15) is 14.7 Å². The molecule has 24 heavy (non-hydrogen) atoms. The molecule has 1 aromatic heterocycles. The molecule has 1 N–H and O–H groups in total. The van der Waals surface area contributed by atoms with Gasteiger partial charge < -0.3 is 19.6 Å². The van der Waals surface area contributed by atoms with E-state index in [0.29, 0.717) is 29.5 Å². The topological polar surface area (TPSA) is 70.1 Å². The third-order valence-corrected chi connectivity index (χ3v) is 5.70. The number of aliphatic hydroxyl groups is 1. The molecule has 6 nitrogen and oxygen atoms in total. The number of rotatable bonds is 4. The highest BCUT2D eigenvalue weighted by atomic mass is 32.1. The summed E-state index contributed by atoms with van der Waals surface area (Å²) in [7, 11) is 0. The van der Waals surface area contributed by atoms with Crippen LogP contribution in [0.15, 0.2) is 12.1 Å². The quantitative estimate of drug-likeness (QED) is 0.826. The van der Waals surface area contributed by atoms with Crippen LogP contribution in [0.2, 0.25) is 0 Å². The molecule has 0 bridgehead atoms. The van der Waals surface area contributed by atoms with Gasteiger partial charge in [-0.05, 0) is 45.0 Å². The lowest BCUT2D eigenvalue weighted by Crippen LogP contribution is -2.52. The van der Waals surface area contributed by atoms with Gasteiger partial charge in [0.15, 0.2) is 5.78 Å². The number of likely N-dealkylation sites (tertiary alicyclic amines) is 1. The molecule has 0 aliphatic carbocycles. The van der Waals surface area contributed by atoms with Crippen LogP contribution < -0.4 is 0 Å². The van der Waals surface area contributed by atoms with Crippen molar-refractivity contribution in [2.45, 2.75) is 25.4 Å². The normalized spacial score (nSPS) is 25.7. The highest BCUT2D eigenvalue weighted by Gasteiger charge is 2.37. The van der Waals surface area contributed by atoms with Gasteiger partial charge in [-0.3, -0.25) is 9.59 Å². The monoisotopic (exact) mass is 352 g/mol. The Balaban J connectivity index is 1.71. The summed E-state index contributed by atoms with van der Waals surface area (Å²) in [5.41, 5.74) is -1.04. The molecular formula is C17H24N2O4S. The van der Waals surface area contributed by atoms with E-state index in [1.165, 1.54) is 18.3 Å². The van der Waals surface area contributed by atoms with Crippen LogP contribution in [-0.4, -0.2) is 78.1 Å². The zero-order valence-electron chi connectivity index (χ0n) is 14.0. The average Bonchev–Trinajstić information content (AvgIpc) is 3.17. The van der Waals surface area contributed by atoms with Crippen molar-refractivity contribution < 1.29 is 19.4 Å². The van der Waals surface area contributed by atoms with Crippen LogP contribution in [0.25, 0.3) is 0 Å². The van der Waals surface area contributed by atoms with Crippen LogP contribution in [-0.2, 0) is 4.74 Å². The lowest BCUT2D eigenvalue weighted by molar-refractivity contribution is -0.0524. The molecule has 3 heterocycles. The summed E-state index contributed by atoms with van der Waals surface area (Å²) in [5, 5.41) is 11.0. The number of amides is 1. The van der Waals surface area contributed by atoms with E-state index in [2.05, 4.69) is 4.90 Å². The molecule has 0 radical (unpaired) electrons. The highest BCUT2D eigenvalue weighted by molar-refractivity contribution is 7.15. The minimum absolute atomic E-state index is 0.0382. The van der Waals surface area contributed by atoms with Crippen molar-refractivity contribution in [1.82, 2.24) is 9.80 Å². The van der Waals surface area contributed by atoms with Gasteiger partial charge in [-0.25, -0.2) is 0 Å². The maximum absolute atomic E-state index is 12.8. The third kappa shape index (κ3) is 4.03. The summed E-state index contributed by atoms with van der Waals surface area (Å²) in [4.78, 5) is 29.2. The summed E-state index contributed by atoms with van der Waals surface area (Å²) in [6, 6.07) is 3.37. The Morgan fingerprint density at radius 2 is 1.96 bits per heavy atom. The van der Waals surface area contributed by atoms with Crippen LogP contribution in [0, 0.1) is 0 Å². The van der Waals surface area contributed by atoms with E-state index < -0.39 is 5.60 Å². The second kappa shape index (κ2) is 7.31. The fourth-order valence-corrected chi connectivity index (χ4v) is 4.21. The summed E-state index contributed by atoms with van der Waals surface area (Å²) in [6.45, 7) is 5.38. The van der Waals surface area contributed by atoms with Gasteiger partial charge in [0.05, 0.1) is 29.5 Å². The van der Waals surface area contributed by atoms with E-state index in [0.717, 1.165) is 25.9 Å². The smallest absolute Gasteiger partial charge is 0.264 e. The number of ether oxygens (including phenoxy) is 1. The van der Waals surface area contributed by atoms with Crippen LogP contribution >= 0.6 is 11.3 Å². The summed E-state index contributed by atoms with van der Waals surface area (Å²) in [5.74, 6) is -0.179. The van der Waals surface area contributed by atoms with Crippen molar-refractivity contribution in [3.8, 4) is 0 Å². The first kappa shape index (κ1) is 17.5. The minimum atomic E-state index is -1.04. The number of Topliss-reactive ketones (excluding diaryl/α,β-unsaturated/α-hetero) is 1. The molecule has 2 aliphatic heterocycles. The van der Waals surface area contributed by atoms with E-state index in [1.54, 1.807) is 17.0 Å². The molecule has 2 saturated heterocycles. The third-order valence-electron chi connectivity index (χ3n) is 4.53. The van der Waals surface area contributed by atoms with Gasteiger partial charge in [0.1, 0.15) is 5.60 Å². The Bertz CT molecular complexity index is 611. The van der Waals surface area contributed by atoms with Crippen molar-refractivity contribution in [2.24, 2.45) is 0 Å². The van der Waals surface area contributed by atoms with Gasteiger partial charge in [0, 0.05) is 13.1 Å². The second-order valence-corrected chi connectivity index (χ2v) is 7.79. The number of nitrogens with zero attached hydrogens (tertiary/aromatic N) is 2. The number of hydrogen-bond acceptors (Lipinski definition) is 6. The van der Waals surface area contributed by atoms with Crippen molar-refractivity contribution in [2.75, 3.05) is 45.9 Å². The number of β-amino-alcohol motifs (C(OH)–C–C–N with tert-alkyl or cyclic N) is 1. The SMILES string of the molecule is CC(=O)c1ccc(C(=O)N2CCOC[C@@](O)(CN3CCCC3)C2)s1. The Kier molecular flexibility index (Phi) is 5.34. The number of thiophene rings is 1. The Hall–Kier alpha value is -1.28. The van der Waals surface area contributed by atoms with Crippen LogP contribution in [0.4, 0.5) is 0 Å². The molecule has 132 valence electrons. The summed E-state index contributed by atoms with van der Waals surface area (Å²) >= 11 is 1.21. The van der Waals surface area contributed by atoms with E-state index >= 15 is 0 Å². The second-order valence-electron chi connectivity index (χ2n) is 6.71. The minimum Gasteiger partial charge on any atom is -0.384 e. The van der Waals surface area contributed by atoms with Crippen molar-refractivity contribution in [1.29, 1.82) is 0 Å². The first-order valence-electron chi connectivity index (χ1n) is 8.39. The number of carbonyl (C=O) groups is 2. The Labute approximate surface area is 146 Å². The molecule has 0 saturated carbocycles. The molecule has 0 spiro atoms. The molecule has 3 rings (SSSR count). The molecule has 0 unspecified atom stereocenters. The molecule has 2 fully saturated rings. The standard InChI is InChI=1S/C17H24N2O4S/c1-13(20)14-4-5-15(24-14)16(21)19-8-9-23-12-17(22,11-19)10-18-6-2-3-7-18/h4-5,22H,2-3,6-12H2,1H3/t17-/m1/s1. The maximum atomic E-state index is 12.8. The van der Waals surface area contributed by atoms with E-state index in [4.69, 9.17) is 4.74 Å². The van der Waals surface area contributed by atoms with Crippen molar-refractivity contribution in [3.05, 3.63) is 21.9 Å². The fourth-order valence-electron chi connectivity index (χ4n) is 3.34. The zero-order chi connectivity index (χ0) is 17.2. The van der Waals surface area contributed by atoms with Gasteiger partial charge in [0.25, 0.3) is 5.91 Å². The van der Waals surface area contributed by atoms with Gasteiger partial charge in [-0.2, -0.15) is 0 Å². The number of carbonyl (C=O) groups excluding carboxylic acids is 2. The van der Waals surface area contributed by atoms with Gasteiger partial charge >= 0.3 is 0 Å². The first-order valence-corrected chi connectivity index (χ1v) is 9.21. The lowest BCUT2D eigenvalue weighted by Gasteiger charge is -2.33. The van der Waals surface area contributed by atoms with E-state index in [1.807, 2.05) is 0 Å². The molecule has 1 aromatic rings. The van der Waals surface area contributed by atoms with Crippen molar-refractivity contribution in [3.63, 3.8) is 0 Å². The predicted molar refractivity (Wildman–Crippen MR) is 91.7 cm³/mol. The predicted octanol–water partition coefficient (Wildman–Crippen LogP) is 1.25. The molecule has 1 atom stereocenters. The van der Waals surface area contributed by atoms with E-state index in [-0.39, 0.29) is 24.8 Å². The molecular weight excluding hydrogens is 328 g/mol. The summed E-state index contributed by atoms with van der Waals surface area (Å²) in [6.07, 6.45) is 2.31. The van der Waals surface area contributed by atoms with Crippen LogP contribution in [0.5, 0.6) is 0 Å². The Morgan fingerprint density at radius 1 is 1.25 bits per heavy atom. The summed E-state index contributed by atoms with van der Waals surface area (Å²) < 4.78 is 5.56. The Morgan fingerprint density at radius 3 is 2.62 bits per heavy atom. The van der Waals surface area contributed by atoms with Crippen LogP contribution in [0.3, 0.4) is 0 Å².